The first-order valence-electron chi connectivity index (χ1n) is 5.58. The Morgan fingerprint density at radius 3 is 2.75 bits per heavy atom. The number of hydrogen-bond donors (Lipinski definition) is 2. The van der Waals surface area contributed by atoms with Gasteiger partial charge in [-0.05, 0) is 38.8 Å². The molecule has 5 nitrogen and oxygen atoms in total. The van der Waals surface area contributed by atoms with Gasteiger partial charge >= 0.3 is 0 Å². The predicted molar refractivity (Wildman–Crippen MR) is 62.9 cm³/mol. The standard InChI is InChI=1S/C10H20N2O3S/c1-8(16(2,14)15)10(13)12-7-9-4-3-5-11-6-9/h8-9,11H,3-7H2,1-2H3,(H,12,13). The third-order valence-corrected chi connectivity index (χ3v) is 4.47. The summed E-state index contributed by atoms with van der Waals surface area (Å²) in [6.07, 6.45) is 3.28. The van der Waals surface area contributed by atoms with Gasteiger partial charge in [-0.2, -0.15) is 0 Å². The third kappa shape index (κ3) is 4.09. The third-order valence-electron chi connectivity index (χ3n) is 2.98. The Morgan fingerprint density at radius 2 is 2.25 bits per heavy atom. The summed E-state index contributed by atoms with van der Waals surface area (Å²) in [6.45, 7) is 3.91. The van der Waals surface area contributed by atoms with Crippen LogP contribution in [0.5, 0.6) is 0 Å². The Morgan fingerprint density at radius 1 is 1.56 bits per heavy atom. The maximum Gasteiger partial charge on any atom is 0.238 e. The molecule has 2 N–H and O–H groups in total. The first kappa shape index (κ1) is 13.4. The molecule has 6 heteroatoms. The molecule has 1 saturated heterocycles. The van der Waals surface area contributed by atoms with Crippen molar-refractivity contribution in [2.45, 2.75) is 25.0 Å². The van der Waals surface area contributed by atoms with Crippen LogP contribution in [0.1, 0.15) is 19.8 Å². The average Bonchev–Trinajstić information content (AvgIpc) is 2.25. The Labute approximate surface area is 96.9 Å². The fourth-order valence-corrected chi connectivity index (χ4v) is 2.15. The second-order valence-corrected chi connectivity index (χ2v) is 6.80. The van der Waals surface area contributed by atoms with Gasteiger partial charge in [-0.3, -0.25) is 4.79 Å². The second kappa shape index (κ2) is 5.63. The quantitative estimate of drug-likeness (QED) is 0.705. The van der Waals surface area contributed by atoms with E-state index in [2.05, 4.69) is 10.6 Å². The molecule has 1 aliphatic rings. The predicted octanol–water partition coefficient (Wildman–Crippen LogP) is -0.465. The summed E-state index contributed by atoms with van der Waals surface area (Å²) in [5.74, 6) is 0.0255. The van der Waals surface area contributed by atoms with E-state index >= 15 is 0 Å². The van der Waals surface area contributed by atoms with Crippen LogP contribution in [0.25, 0.3) is 0 Å². The monoisotopic (exact) mass is 248 g/mol. The molecule has 0 aromatic heterocycles. The van der Waals surface area contributed by atoms with Gasteiger partial charge in [0.15, 0.2) is 9.84 Å². The Bertz CT molecular complexity index is 334. The largest absolute Gasteiger partial charge is 0.355 e. The summed E-state index contributed by atoms with van der Waals surface area (Å²) in [5, 5.41) is 4.99. The minimum absolute atomic E-state index is 0.395. The van der Waals surface area contributed by atoms with Crippen LogP contribution >= 0.6 is 0 Å². The highest BCUT2D eigenvalue weighted by Crippen LogP contribution is 2.08. The molecule has 16 heavy (non-hydrogen) atoms. The normalized spacial score (nSPS) is 23.8. The number of rotatable bonds is 4. The summed E-state index contributed by atoms with van der Waals surface area (Å²) in [7, 11) is -3.28. The Kier molecular flexibility index (Phi) is 4.73. The van der Waals surface area contributed by atoms with Crippen molar-refractivity contribution in [3.05, 3.63) is 0 Å². The first-order valence-corrected chi connectivity index (χ1v) is 7.54. The fraction of sp³-hybridized carbons (Fsp3) is 0.900. The van der Waals surface area contributed by atoms with Crippen molar-refractivity contribution in [3.8, 4) is 0 Å². The summed E-state index contributed by atoms with van der Waals surface area (Å²) < 4.78 is 22.3. The number of sulfone groups is 1. The Balaban J connectivity index is 2.34. The van der Waals surface area contributed by atoms with Crippen LogP contribution in [0.15, 0.2) is 0 Å². The molecule has 0 saturated carbocycles. The van der Waals surface area contributed by atoms with Crippen molar-refractivity contribution in [1.29, 1.82) is 0 Å². The van der Waals surface area contributed by atoms with Gasteiger partial charge in [0.1, 0.15) is 5.25 Å². The average molecular weight is 248 g/mol. The van der Waals surface area contributed by atoms with Crippen LogP contribution in [0, 0.1) is 5.92 Å². The lowest BCUT2D eigenvalue weighted by Gasteiger charge is -2.23. The van der Waals surface area contributed by atoms with Crippen LogP contribution in [-0.2, 0) is 14.6 Å². The van der Waals surface area contributed by atoms with Gasteiger partial charge in [-0.1, -0.05) is 0 Å². The molecule has 0 aromatic rings. The van der Waals surface area contributed by atoms with Crippen LogP contribution in [0.4, 0.5) is 0 Å². The SMILES string of the molecule is CC(C(=O)NCC1CCCNC1)S(C)(=O)=O. The van der Waals surface area contributed by atoms with E-state index in [1.165, 1.54) is 6.92 Å². The van der Waals surface area contributed by atoms with Gasteiger partial charge in [0.05, 0.1) is 0 Å². The number of carbonyl (C=O) groups excluding carboxylic acids is 1. The van der Waals surface area contributed by atoms with Gasteiger partial charge in [-0.15, -0.1) is 0 Å². The van der Waals surface area contributed by atoms with Crippen molar-refractivity contribution in [2.24, 2.45) is 5.92 Å². The number of amides is 1. The maximum atomic E-state index is 11.5. The van der Waals surface area contributed by atoms with Crippen molar-refractivity contribution in [1.82, 2.24) is 10.6 Å². The van der Waals surface area contributed by atoms with Gasteiger partial charge < -0.3 is 10.6 Å². The van der Waals surface area contributed by atoms with E-state index in [1.807, 2.05) is 0 Å². The zero-order chi connectivity index (χ0) is 12.2. The molecular formula is C10H20N2O3S. The van der Waals surface area contributed by atoms with E-state index in [9.17, 15) is 13.2 Å². The molecule has 0 spiro atoms. The number of carbonyl (C=O) groups is 1. The smallest absolute Gasteiger partial charge is 0.238 e. The maximum absolute atomic E-state index is 11.5. The topological polar surface area (TPSA) is 75.3 Å². The van der Waals surface area contributed by atoms with Gasteiger partial charge in [0.25, 0.3) is 0 Å². The van der Waals surface area contributed by atoms with E-state index in [0.29, 0.717) is 12.5 Å². The Hall–Kier alpha value is -0.620. The van der Waals surface area contributed by atoms with Crippen LogP contribution in [0.3, 0.4) is 0 Å². The number of hydrogen-bond acceptors (Lipinski definition) is 4. The summed E-state index contributed by atoms with van der Waals surface area (Å²) >= 11 is 0. The van der Waals surface area contributed by atoms with E-state index in [-0.39, 0.29) is 0 Å². The fourth-order valence-electron chi connectivity index (χ4n) is 1.68. The molecular weight excluding hydrogens is 228 g/mol. The lowest BCUT2D eigenvalue weighted by molar-refractivity contribution is -0.120. The highest BCUT2D eigenvalue weighted by molar-refractivity contribution is 7.92. The summed E-state index contributed by atoms with van der Waals surface area (Å²) in [4.78, 5) is 11.5. The molecule has 2 atom stereocenters. The molecule has 1 heterocycles. The zero-order valence-corrected chi connectivity index (χ0v) is 10.6. The van der Waals surface area contributed by atoms with E-state index in [0.717, 1.165) is 32.2 Å². The van der Waals surface area contributed by atoms with E-state index < -0.39 is 21.0 Å². The lowest BCUT2D eigenvalue weighted by Crippen LogP contribution is -2.42. The summed E-state index contributed by atoms with van der Waals surface area (Å²) in [6, 6.07) is 0. The number of nitrogens with one attached hydrogen (secondary N) is 2. The van der Waals surface area contributed by atoms with Gasteiger partial charge in [-0.25, -0.2) is 8.42 Å². The molecule has 1 rings (SSSR count). The van der Waals surface area contributed by atoms with Crippen molar-refractivity contribution in [2.75, 3.05) is 25.9 Å². The van der Waals surface area contributed by atoms with E-state index in [4.69, 9.17) is 0 Å². The highest BCUT2D eigenvalue weighted by atomic mass is 32.2. The molecule has 1 aliphatic heterocycles. The molecule has 94 valence electrons. The van der Waals surface area contributed by atoms with Gasteiger partial charge in [0.2, 0.25) is 5.91 Å². The second-order valence-electron chi connectivity index (χ2n) is 4.43. The molecule has 0 aromatic carbocycles. The van der Waals surface area contributed by atoms with Crippen LogP contribution in [-0.4, -0.2) is 45.5 Å². The summed E-state index contributed by atoms with van der Waals surface area (Å²) in [5.41, 5.74) is 0. The minimum atomic E-state index is -3.28. The lowest BCUT2D eigenvalue weighted by atomic mass is 10.00. The molecule has 2 unspecified atom stereocenters. The molecule has 0 bridgehead atoms. The highest BCUT2D eigenvalue weighted by Gasteiger charge is 2.24. The van der Waals surface area contributed by atoms with Crippen molar-refractivity contribution in [3.63, 3.8) is 0 Å². The molecule has 0 radical (unpaired) electrons. The van der Waals surface area contributed by atoms with E-state index in [1.54, 1.807) is 0 Å². The van der Waals surface area contributed by atoms with Gasteiger partial charge in [0, 0.05) is 12.8 Å². The van der Waals surface area contributed by atoms with Crippen LogP contribution in [0.2, 0.25) is 0 Å². The molecule has 0 aliphatic carbocycles. The first-order chi connectivity index (χ1) is 7.41. The minimum Gasteiger partial charge on any atom is -0.355 e. The van der Waals surface area contributed by atoms with Crippen molar-refractivity contribution >= 4 is 15.7 Å². The molecule has 1 amide bonds. The van der Waals surface area contributed by atoms with Crippen LogP contribution < -0.4 is 10.6 Å². The molecule has 1 fully saturated rings. The number of piperidine rings is 1. The zero-order valence-electron chi connectivity index (χ0n) is 9.82. The van der Waals surface area contributed by atoms with Crippen molar-refractivity contribution < 1.29 is 13.2 Å².